The van der Waals surface area contributed by atoms with E-state index in [9.17, 15) is 0 Å². The van der Waals surface area contributed by atoms with Gasteiger partial charge in [0, 0.05) is 13.4 Å². The van der Waals surface area contributed by atoms with Gasteiger partial charge in [0.05, 0.1) is 5.69 Å². The van der Waals surface area contributed by atoms with Crippen LogP contribution in [0.2, 0.25) is 0 Å². The first-order chi connectivity index (χ1) is 7.58. The minimum absolute atomic E-state index is 0.547. The molecule has 84 valence electrons. The molecule has 7 heteroatoms. The monoisotopic (exact) mass is 425 g/mol. The summed E-state index contributed by atoms with van der Waals surface area (Å²) in [6.07, 6.45) is 3.70. The Hall–Kier alpha value is -0.0300. The van der Waals surface area contributed by atoms with Crippen LogP contribution in [0.3, 0.4) is 0 Å². The van der Waals surface area contributed by atoms with Crippen molar-refractivity contribution in [2.75, 3.05) is 6.26 Å². The molecule has 0 unspecified atom stereocenters. The maximum atomic E-state index is 8.54. The summed E-state index contributed by atoms with van der Waals surface area (Å²) < 4.78 is 2.64. The second kappa shape index (κ2) is 6.64. The third-order valence-corrected chi connectivity index (χ3v) is 3.80. The fourth-order valence-electron chi connectivity index (χ4n) is 0.915. The molecule has 0 fully saturated rings. The summed E-state index contributed by atoms with van der Waals surface area (Å²) in [5, 5.41) is 11.6. The number of hydrogen-bond acceptors (Lipinski definition) is 3. The molecule has 0 radical (unpaired) electrons. The van der Waals surface area contributed by atoms with E-state index < -0.39 is 0 Å². The Balaban J connectivity index is 3.19. The smallest absolute Gasteiger partial charge is 0.183 e. The van der Waals surface area contributed by atoms with Crippen molar-refractivity contribution in [1.82, 2.24) is 5.32 Å². The highest BCUT2D eigenvalue weighted by Gasteiger charge is 2.07. The zero-order chi connectivity index (χ0) is 12.1. The van der Waals surface area contributed by atoms with Gasteiger partial charge in [0.1, 0.15) is 0 Å². The Morgan fingerprint density at radius 3 is 2.38 bits per heavy atom. The highest BCUT2D eigenvalue weighted by molar-refractivity contribution is 9.11. The molecular formula is C9H6Br3N3S. The molecule has 1 rings (SSSR count). The lowest BCUT2D eigenvalue weighted by Gasteiger charge is -2.05. The lowest BCUT2D eigenvalue weighted by atomic mass is 10.3. The Kier molecular flexibility index (Phi) is 5.83. The van der Waals surface area contributed by atoms with Gasteiger partial charge < -0.3 is 0 Å². The molecule has 0 aromatic heterocycles. The lowest BCUT2D eigenvalue weighted by Crippen LogP contribution is -2.12. The molecular weight excluding hydrogens is 422 g/mol. The highest BCUT2D eigenvalue weighted by Crippen LogP contribution is 2.36. The van der Waals surface area contributed by atoms with Crippen molar-refractivity contribution in [3.05, 3.63) is 25.6 Å². The number of aliphatic imine (C=N–C) groups is 1. The summed E-state index contributed by atoms with van der Waals surface area (Å²) in [5.74, 6) is 0. The Morgan fingerprint density at radius 2 is 1.94 bits per heavy atom. The Labute approximate surface area is 123 Å². The van der Waals surface area contributed by atoms with Crippen molar-refractivity contribution in [2.24, 2.45) is 4.99 Å². The average molecular weight is 428 g/mol. The molecule has 1 aromatic rings. The molecule has 0 saturated carbocycles. The van der Waals surface area contributed by atoms with Crippen LogP contribution in [0.4, 0.5) is 5.69 Å². The summed E-state index contributed by atoms with van der Waals surface area (Å²) in [6, 6.07) is 3.79. The molecule has 0 saturated heterocycles. The van der Waals surface area contributed by atoms with Crippen molar-refractivity contribution in [3.8, 4) is 6.19 Å². The normalized spacial score (nSPS) is 11.1. The number of thioether (sulfide) groups is 1. The molecule has 0 bridgehead atoms. The first-order valence-corrected chi connectivity index (χ1v) is 7.61. The SMILES string of the molecule is CSC(=Nc1c(Br)cc(Br)cc1Br)NC#N. The zero-order valence-corrected chi connectivity index (χ0v) is 13.7. The van der Waals surface area contributed by atoms with E-state index in [1.807, 2.05) is 24.6 Å². The minimum Gasteiger partial charge on any atom is -0.271 e. The number of nitriles is 1. The van der Waals surface area contributed by atoms with Gasteiger partial charge in [0.25, 0.3) is 0 Å². The Bertz CT molecular complexity index is 445. The fourth-order valence-corrected chi connectivity index (χ4v) is 3.68. The van der Waals surface area contributed by atoms with Gasteiger partial charge in [-0.15, -0.1) is 0 Å². The van der Waals surface area contributed by atoms with Crippen molar-refractivity contribution in [2.45, 2.75) is 0 Å². The fraction of sp³-hybridized carbons (Fsp3) is 0.111. The third kappa shape index (κ3) is 3.77. The molecule has 0 heterocycles. The van der Waals surface area contributed by atoms with Crippen LogP contribution >= 0.6 is 59.6 Å². The van der Waals surface area contributed by atoms with Gasteiger partial charge in [-0.2, -0.15) is 5.26 Å². The minimum atomic E-state index is 0.547. The van der Waals surface area contributed by atoms with Gasteiger partial charge in [-0.25, -0.2) is 4.99 Å². The van der Waals surface area contributed by atoms with Crippen LogP contribution in [0.5, 0.6) is 0 Å². The van der Waals surface area contributed by atoms with E-state index in [0.717, 1.165) is 19.1 Å². The topological polar surface area (TPSA) is 48.2 Å². The van der Waals surface area contributed by atoms with Crippen LogP contribution in [0.25, 0.3) is 0 Å². The quantitative estimate of drug-likeness (QED) is 0.313. The van der Waals surface area contributed by atoms with Gasteiger partial charge in [-0.1, -0.05) is 27.7 Å². The number of hydrogen-bond donors (Lipinski definition) is 1. The van der Waals surface area contributed by atoms with Crippen LogP contribution < -0.4 is 5.32 Å². The molecule has 0 amide bonds. The van der Waals surface area contributed by atoms with E-state index >= 15 is 0 Å². The molecule has 0 aliphatic rings. The van der Waals surface area contributed by atoms with E-state index in [-0.39, 0.29) is 0 Å². The zero-order valence-electron chi connectivity index (χ0n) is 8.09. The van der Waals surface area contributed by atoms with E-state index in [1.165, 1.54) is 11.8 Å². The summed E-state index contributed by atoms with van der Waals surface area (Å²) in [7, 11) is 0. The number of nitrogens with one attached hydrogen (secondary N) is 1. The van der Waals surface area contributed by atoms with Crippen LogP contribution in [0.15, 0.2) is 30.5 Å². The summed E-state index contributed by atoms with van der Waals surface area (Å²) in [4.78, 5) is 4.34. The molecule has 3 nitrogen and oxygen atoms in total. The molecule has 16 heavy (non-hydrogen) atoms. The number of benzene rings is 1. The summed E-state index contributed by atoms with van der Waals surface area (Å²) >= 11 is 11.6. The summed E-state index contributed by atoms with van der Waals surface area (Å²) in [5.41, 5.74) is 0.746. The largest absolute Gasteiger partial charge is 0.271 e. The second-order valence-corrected chi connectivity index (χ2v) is 6.00. The lowest BCUT2D eigenvalue weighted by molar-refractivity contribution is 1.27. The molecule has 0 aliphatic carbocycles. The van der Waals surface area contributed by atoms with Gasteiger partial charge >= 0.3 is 0 Å². The number of halogens is 3. The maximum Gasteiger partial charge on any atom is 0.183 e. The Morgan fingerprint density at radius 1 is 1.38 bits per heavy atom. The molecule has 1 N–H and O–H groups in total. The van der Waals surface area contributed by atoms with Crippen LogP contribution in [0, 0.1) is 11.5 Å². The van der Waals surface area contributed by atoms with Crippen molar-refractivity contribution in [3.63, 3.8) is 0 Å². The maximum absolute atomic E-state index is 8.54. The average Bonchev–Trinajstić information content (AvgIpc) is 2.21. The summed E-state index contributed by atoms with van der Waals surface area (Å²) in [6.45, 7) is 0. The van der Waals surface area contributed by atoms with Gasteiger partial charge in [0.15, 0.2) is 11.4 Å². The van der Waals surface area contributed by atoms with E-state index in [4.69, 9.17) is 5.26 Å². The number of amidine groups is 1. The van der Waals surface area contributed by atoms with Gasteiger partial charge in [0.2, 0.25) is 0 Å². The predicted octanol–water partition coefficient (Wildman–Crippen LogP) is 4.40. The van der Waals surface area contributed by atoms with Crippen molar-refractivity contribution in [1.29, 1.82) is 5.26 Å². The third-order valence-electron chi connectivity index (χ3n) is 1.55. The highest BCUT2D eigenvalue weighted by atomic mass is 79.9. The standard InChI is InChI=1S/C9H6Br3N3S/c1-16-9(14-4-13)15-8-6(11)2-5(10)3-7(8)12/h2-3H,1H3,(H,14,15). The molecule has 0 spiro atoms. The van der Waals surface area contributed by atoms with Crippen LogP contribution in [0.1, 0.15) is 0 Å². The van der Waals surface area contributed by atoms with Crippen LogP contribution in [-0.2, 0) is 0 Å². The van der Waals surface area contributed by atoms with Gasteiger partial charge in [-0.05, 0) is 50.2 Å². The predicted molar refractivity (Wildman–Crippen MR) is 78.9 cm³/mol. The van der Waals surface area contributed by atoms with E-state index in [0.29, 0.717) is 5.17 Å². The second-order valence-electron chi connectivity index (χ2n) is 2.58. The number of rotatable bonds is 1. The van der Waals surface area contributed by atoms with Crippen molar-refractivity contribution >= 4 is 70.4 Å². The number of nitrogens with zero attached hydrogens (tertiary/aromatic N) is 2. The van der Waals surface area contributed by atoms with E-state index in [1.54, 1.807) is 0 Å². The van der Waals surface area contributed by atoms with Gasteiger partial charge in [-0.3, -0.25) is 5.32 Å². The first kappa shape index (κ1) is 14.0. The molecule has 0 atom stereocenters. The van der Waals surface area contributed by atoms with E-state index in [2.05, 4.69) is 58.1 Å². The first-order valence-electron chi connectivity index (χ1n) is 4.00. The molecule has 0 aliphatic heterocycles. The van der Waals surface area contributed by atoms with Crippen LogP contribution in [-0.4, -0.2) is 11.4 Å². The molecule has 1 aromatic carbocycles. The van der Waals surface area contributed by atoms with Crippen molar-refractivity contribution < 1.29 is 0 Å².